The average Bonchev–Trinajstić information content (AvgIpc) is 2.36. The molecule has 19 heavy (non-hydrogen) atoms. The normalized spacial score (nSPS) is 11.0. The predicted molar refractivity (Wildman–Crippen MR) is 82.8 cm³/mol. The van der Waals surface area contributed by atoms with E-state index in [4.69, 9.17) is 11.6 Å². The summed E-state index contributed by atoms with van der Waals surface area (Å²) in [4.78, 5) is 2.20. The number of benzene rings is 2. The highest BCUT2D eigenvalue weighted by atomic mass is 35.5. The molecule has 0 amide bonds. The predicted octanol–water partition coefficient (Wildman–Crippen LogP) is 4.30. The Kier molecular flexibility index (Phi) is 4.62. The van der Waals surface area contributed by atoms with E-state index in [1.54, 1.807) is 0 Å². The van der Waals surface area contributed by atoms with Crippen molar-refractivity contribution >= 4 is 11.6 Å². The third-order valence-corrected chi connectivity index (χ3v) is 3.47. The zero-order chi connectivity index (χ0) is 13.8. The van der Waals surface area contributed by atoms with Gasteiger partial charge in [0, 0.05) is 11.6 Å². The summed E-state index contributed by atoms with van der Waals surface area (Å²) in [5.41, 5.74) is 5.40. The summed E-state index contributed by atoms with van der Waals surface area (Å²) in [5.74, 6) is 0. The highest BCUT2D eigenvalue weighted by Gasteiger charge is 2.03. The van der Waals surface area contributed by atoms with E-state index in [0.29, 0.717) is 0 Å². The van der Waals surface area contributed by atoms with Crippen LogP contribution in [0.2, 0.25) is 5.02 Å². The summed E-state index contributed by atoms with van der Waals surface area (Å²) in [5, 5.41) is 0.793. The summed E-state index contributed by atoms with van der Waals surface area (Å²) in [6.07, 6.45) is 0.956. The summed E-state index contributed by atoms with van der Waals surface area (Å²) in [6, 6.07) is 14.8. The van der Waals surface area contributed by atoms with Gasteiger partial charge in [-0.1, -0.05) is 41.9 Å². The van der Waals surface area contributed by atoms with Gasteiger partial charge in [-0.2, -0.15) is 0 Å². The van der Waals surface area contributed by atoms with Crippen molar-refractivity contribution in [3.05, 3.63) is 69.7 Å². The van der Waals surface area contributed by atoms with Gasteiger partial charge < -0.3 is 4.90 Å². The van der Waals surface area contributed by atoms with Crippen molar-refractivity contribution < 1.29 is 0 Å². The second-order valence-electron chi connectivity index (χ2n) is 5.30. The third kappa shape index (κ3) is 4.09. The molecule has 0 radical (unpaired) electrons. The fourth-order valence-corrected chi connectivity index (χ4v) is 2.31. The van der Waals surface area contributed by atoms with Crippen LogP contribution in [0.4, 0.5) is 0 Å². The molecule has 0 aliphatic heterocycles. The van der Waals surface area contributed by atoms with Gasteiger partial charge in [-0.05, 0) is 61.8 Å². The van der Waals surface area contributed by atoms with Gasteiger partial charge >= 0.3 is 0 Å². The summed E-state index contributed by atoms with van der Waals surface area (Å²) in [7, 11) is 4.20. The smallest absolute Gasteiger partial charge is 0.0406 e. The molecule has 0 N–H and O–H groups in total. The van der Waals surface area contributed by atoms with Gasteiger partial charge in [0.15, 0.2) is 0 Å². The second kappa shape index (κ2) is 6.23. The third-order valence-electron chi connectivity index (χ3n) is 3.22. The minimum absolute atomic E-state index is 0.793. The van der Waals surface area contributed by atoms with Crippen LogP contribution in [-0.4, -0.2) is 19.0 Å². The highest BCUT2D eigenvalue weighted by molar-refractivity contribution is 6.30. The zero-order valence-corrected chi connectivity index (χ0v) is 12.5. The Morgan fingerprint density at radius 3 is 2.21 bits per heavy atom. The Morgan fingerprint density at radius 2 is 1.58 bits per heavy atom. The van der Waals surface area contributed by atoms with Crippen molar-refractivity contribution in [2.45, 2.75) is 19.9 Å². The molecule has 0 heterocycles. The van der Waals surface area contributed by atoms with Crippen LogP contribution in [-0.2, 0) is 13.0 Å². The Balaban J connectivity index is 2.18. The van der Waals surface area contributed by atoms with Gasteiger partial charge in [0.2, 0.25) is 0 Å². The van der Waals surface area contributed by atoms with Crippen LogP contribution in [0.3, 0.4) is 0 Å². The first-order valence-corrected chi connectivity index (χ1v) is 6.90. The molecular weight excluding hydrogens is 254 g/mol. The number of hydrogen-bond donors (Lipinski definition) is 0. The Hall–Kier alpha value is -1.31. The molecule has 2 heteroatoms. The number of aryl methyl sites for hydroxylation is 1. The molecule has 2 aromatic rings. The van der Waals surface area contributed by atoms with Crippen molar-refractivity contribution in [2.24, 2.45) is 0 Å². The van der Waals surface area contributed by atoms with E-state index in [9.17, 15) is 0 Å². The molecule has 0 spiro atoms. The standard InChI is InChI=1S/C17H20ClN/c1-13-4-5-15(11-16(13)12-19(2)3)10-14-6-8-17(18)9-7-14/h4-9,11H,10,12H2,1-3H3. The first-order valence-electron chi connectivity index (χ1n) is 6.52. The lowest BCUT2D eigenvalue weighted by molar-refractivity contribution is 0.401. The highest BCUT2D eigenvalue weighted by Crippen LogP contribution is 2.17. The number of hydrogen-bond acceptors (Lipinski definition) is 1. The average molecular weight is 274 g/mol. The number of rotatable bonds is 4. The van der Waals surface area contributed by atoms with E-state index in [2.05, 4.69) is 56.3 Å². The molecule has 0 fully saturated rings. The second-order valence-corrected chi connectivity index (χ2v) is 5.74. The SMILES string of the molecule is Cc1ccc(Cc2ccc(Cl)cc2)cc1CN(C)C. The molecule has 0 aliphatic carbocycles. The largest absolute Gasteiger partial charge is 0.305 e. The Morgan fingerprint density at radius 1 is 0.947 bits per heavy atom. The van der Waals surface area contributed by atoms with Gasteiger partial charge in [-0.25, -0.2) is 0 Å². The molecule has 100 valence electrons. The molecular formula is C17H20ClN. The number of nitrogens with zero attached hydrogens (tertiary/aromatic N) is 1. The summed E-state index contributed by atoms with van der Waals surface area (Å²) < 4.78 is 0. The minimum atomic E-state index is 0.793. The zero-order valence-electron chi connectivity index (χ0n) is 11.8. The van der Waals surface area contributed by atoms with Crippen LogP contribution in [0.15, 0.2) is 42.5 Å². The number of halogens is 1. The first kappa shape index (κ1) is 14.1. The molecule has 0 unspecified atom stereocenters. The van der Waals surface area contributed by atoms with Crippen LogP contribution < -0.4 is 0 Å². The van der Waals surface area contributed by atoms with Crippen molar-refractivity contribution in [1.82, 2.24) is 4.90 Å². The topological polar surface area (TPSA) is 3.24 Å². The van der Waals surface area contributed by atoms with Crippen LogP contribution in [0.25, 0.3) is 0 Å². The van der Waals surface area contributed by atoms with Gasteiger partial charge in [-0.3, -0.25) is 0 Å². The molecule has 2 aromatic carbocycles. The van der Waals surface area contributed by atoms with E-state index < -0.39 is 0 Å². The lowest BCUT2D eigenvalue weighted by atomic mass is 9.99. The van der Waals surface area contributed by atoms with Crippen LogP contribution in [0.5, 0.6) is 0 Å². The van der Waals surface area contributed by atoms with Crippen molar-refractivity contribution in [3.63, 3.8) is 0 Å². The van der Waals surface area contributed by atoms with Gasteiger partial charge in [0.05, 0.1) is 0 Å². The summed E-state index contributed by atoms with van der Waals surface area (Å²) >= 11 is 5.91. The summed E-state index contributed by atoms with van der Waals surface area (Å²) in [6.45, 7) is 3.16. The van der Waals surface area contributed by atoms with E-state index in [0.717, 1.165) is 18.0 Å². The van der Waals surface area contributed by atoms with E-state index >= 15 is 0 Å². The fourth-order valence-electron chi connectivity index (χ4n) is 2.18. The molecule has 0 aromatic heterocycles. The molecule has 0 bridgehead atoms. The van der Waals surface area contributed by atoms with Crippen molar-refractivity contribution in [3.8, 4) is 0 Å². The fraction of sp³-hybridized carbons (Fsp3) is 0.294. The molecule has 2 rings (SSSR count). The first-order chi connectivity index (χ1) is 9.04. The van der Waals surface area contributed by atoms with E-state index in [-0.39, 0.29) is 0 Å². The van der Waals surface area contributed by atoms with Gasteiger partial charge in [0.25, 0.3) is 0 Å². The molecule has 0 saturated heterocycles. The molecule has 0 saturated carbocycles. The van der Waals surface area contributed by atoms with Gasteiger partial charge in [-0.15, -0.1) is 0 Å². The Bertz CT molecular complexity index is 544. The van der Waals surface area contributed by atoms with Crippen LogP contribution >= 0.6 is 11.6 Å². The molecule has 0 aliphatic rings. The van der Waals surface area contributed by atoms with Crippen LogP contribution in [0.1, 0.15) is 22.3 Å². The van der Waals surface area contributed by atoms with Crippen molar-refractivity contribution in [2.75, 3.05) is 14.1 Å². The van der Waals surface area contributed by atoms with E-state index in [1.807, 2.05) is 12.1 Å². The maximum atomic E-state index is 5.91. The molecule has 0 atom stereocenters. The quantitative estimate of drug-likeness (QED) is 0.803. The van der Waals surface area contributed by atoms with Crippen molar-refractivity contribution in [1.29, 1.82) is 0 Å². The van der Waals surface area contributed by atoms with Gasteiger partial charge in [0.1, 0.15) is 0 Å². The minimum Gasteiger partial charge on any atom is -0.305 e. The maximum absolute atomic E-state index is 5.91. The molecule has 1 nitrogen and oxygen atoms in total. The maximum Gasteiger partial charge on any atom is 0.0406 e. The Labute approximate surface area is 120 Å². The lowest BCUT2D eigenvalue weighted by Gasteiger charge is -2.14. The van der Waals surface area contributed by atoms with Crippen LogP contribution in [0, 0.1) is 6.92 Å². The van der Waals surface area contributed by atoms with E-state index in [1.165, 1.54) is 22.3 Å². The monoisotopic (exact) mass is 273 g/mol. The lowest BCUT2D eigenvalue weighted by Crippen LogP contribution is -2.12.